The maximum Gasteiger partial charge on any atom is 0.330 e. The van der Waals surface area contributed by atoms with Crippen LogP contribution >= 0.6 is 0 Å². The molecule has 0 aromatic carbocycles. The van der Waals surface area contributed by atoms with Gasteiger partial charge >= 0.3 is 5.69 Å². The monoisotopic (exact) mass is 278 g/mol. The second-order valence-corrected chi connectivity index (χ2v) is 4.67. The molecule has 0 aliphatic rings. The third kappa shape index (κ3) is 3.02. The number of rotatable bonds is 5. The number of nitrogens with zero attached hydrogens (tertiary/aromatic N) is 5. The molecule has 0 atom stereocenters. The van der Waals surface area contributed by atoms with E-state index in [0.717, 1.165) is 10.4 Å². The van der Waals surface area contributed by atoms with Gasteiger partial charge < -0.3 is 9.88 Å². The van der Waals surface area contributed by atoms with Crippen molar-refractivity contribution in [3.63, 3.8) is 0 Å². The minimum Gasteiger partial charge on any atom is -0.312 e. The molecule has 0 radical (unpaired) electrons. The lowest BCUT2D eigenvalue weighted by Crippen LogP contribution is -2.39. The van der Waals surface area contributed by atoms with Gasteiger partial charge in [0.05, 0.1) is 0 Å². The first-order valence-corrected chi connectivity index (χ1v) is 6.30. The van der Waals surface area contributed by atoms with Crippen LogP contribution in [0.1, 0.15) is 11.4 Å². The molecule has 0 bridgehead atoms. The molecule has 0 aliphatic carbocycles. The van der Waals surface area contributed by atoms with Crippen molar-refractivity contribution in [2.24, 2.45) is 21.1 Å². The van der Waals surface area contributed by atoms with Crippen molar-refractivity contribution >= 4 is 0 Å². The van der Waals surface area contributed by atoms with E-state index >= 15 is 0 Å². The number of aromatic nitrogens is 5. The van der Waals surface area contributed by atoms with Crippen LogP contribution in [0.15, 0.2) is 22.1 Å². The Morgan fingerprint density at radius 3 is 2.65 bits per heavy atom. The highest BCUT2D eigenvalue weighted by Crippen LogP contribution is 1.90. The van der Waals surface area contributed by atoms with Gasteiger partial charge in [-0.1, -0.05) is 0 Å². The van der Waals surface area contributed by atoms with Crippen LogP contribution in [0.2, 0.25) is 0 Å². The Morgan fingerprint density at radius 1 is 1.25 bits per heavy atom. The summed E-state index contributed by atoms with van der Waals surface area (Å²) in [6.07, 6.45) is 3.90. The van der Waals surface area contributed by atoms with Gasteiger partial charge in [-0.2, -0.15) is 5.10 Å². The quantitative estimate of drug-likeness (QED) is 0.676. The third-order valence-electron chi connectivity index (χ3n) is 3.01. The summed E-state index contributed by atoms with van der Waals surface area (Å²) < 4.78 is 4.16. The predicted octanol–water partition coefficient (Wildman–Crippen LogP) is -1.46. The van der Waals surface area contributed by atoms with E-state index in [1.807, 2.05) is 7.05 Å². The fourth-order valence-corrected chi connectivity index (χ4v) is 1.93. The molecule has 8 nitrogen and oxygen atoms in total. The van der Waals surface area contributed by atoms with Crippen molar-refractivity contribution in [3.05, 3.63) is 44.8 Å². The molecule has 2 aromatic heterocycles. The zero-order valence-corrected chi connectivity index (χ0v) is 11.8. The first-order valence-electron chi connectivity index (χ1n) is 6.30. The molecule has 2 aromatic rings. The van der Waals surface area contributed by atoms with Crippen LogP contribution < -0.4 is 16.6 Å². The second-order valence-electron chi connectivity index (χ2n) is 4.67. The van der Waals surface area contributed by atoms with E-state index in [1.54, 1.807) is 24.3 Å². The molecule has 108 valence electrons. The maximum atomic E-state index is 11.9. The van der Waals surface area contributed by atoms with Gasteiger partial charge in [0, 0.05) is 52.4 Å². The molecule has 0 fully saturated rings. The Bertz CT molecular complexity index is 711. The van der Waals surface area contributed by atoms with Crippen LogP contribution in [0.5, 0.6) is 0 Å². The summed E-state index contributed by atoms with van der Waals surface area (Å²) in [5.74, 6) is 0.758. The van der Waals surface area contributed by atoms with Gasteiger partial charge in [-0.15, -0.1) is 0 Å². The van der Waals surface area contributed by atoms with Crippen molar-refractivity contribution in [2.75, 3.05) is 6.54 Å². The van der Waals surface area contributed by atoms with E-state index in [2.05, 4.69) is 15.4 Å². The van der Waals surface area contributed by atoms with Crippen LogP contribution in [-0.2, 0) is 34.1 Å². The molecule has 8 heteroatoms. The Balaban J connectivity index is 1.95. The normalized spacial score (nSPS) is 10.9. The Morgan fingerprint density at radius 2 is 2.00 bits per heavy atom. The molecule has 2 heterocycles. The highest BCUT2D eigenvalue weighted by Gasteiger charge is 2.06. The maximum absolute atomic E-state index is 11.9. The van der Waals surface area contributed by atoms with Crippen molar-refractivity contribution in [2.45, 2.75) is 13.0 Å². The van der Waals surface area contributed by atoms with E-state index in [0.29, 0.717) is 25.1 Å². The number of hydrogen-bond acceptors (Lipinski definition) is 5. The predicted molar refractivity (Wildman–Crippen MR) is 73.3 cm³/mol. The molecule has 20 heavy (non-hydrogen) atoms. The zero-order chi connectivity index (χ0) is 14.7. The fourth-order valence-electron chi connectivity index (χ4n) is 1.93. The Kier molecular flexibility index (Phi) is 4.14. The lowest BCUT2D eigenvalue weighted by atomic mass is 10.3. The Labute approximate surface area is 115 Å². The van der Waals surface area contributed by atoms with Gasteiger partial charge in [-0.3, -0.25) is 14.0 Å². The van der Waals surface area contributed by atoms with Gasteiger partial charge in [-0.05, 0) is 0 Å². The van der Waals surface area contributed by atoms with Gasteiger partial charge in [0.15, 0.2) is 5.82 Å². The van der Waals surface area contributed by atoms with Crippen molar-refractivity contribution in [1.82, 2.24) is 29.2 Å². The number of nitrogens with one attached hydrogen (secondary N) is 1. The minimum absolute atomic E-state index is 0.267. The lowest BCUT2D eigenvalue weighted by Gasteiger charge is -2.07. The summed E-state index contributed by atoms with van der Waals surface area (Å²) in [4.78, 5) is 27.6. The molecule has 0 saturated heterocycles. The van der Waals surface area contributed by atoms with Crippen LogP contribution in [0, 0.1) is 0 Å². The molecular weight excluding hydrogens is 260 g/mol. The molecular formula is C12H18N6O2. The average molecular weight is 278 g/mol. The second kappa shape index (κ2) is 5.83. The average Bonchev–Trinajstić information content (AvgIpc) is 2.83. The standard InChI is InChI=1S/C12H18N6O2/c1-16-7-9(11(19)18(3)12(16)20)6-13-5-4-10-14-8-17(2)15-10/h7-8,13H,4-6H2,1-3H3. The Hall–Kier alpha value is -2.22. The van der Waals surface area contributed by atoms with Crippen LogP contribution in [0.4, 0.5) is 0 Å². The number of aryl methyl sites for hydroxylation is 2. The van der Waals surface area contributed by atoms with Crippen molar-refractivity contribution in [1.29, 1.82) is 0 Å². The van der Waals surface area contributed by atoms with E-state index in [9.17, 15) is 9.59 Å². The summed E-state index contributed by atoms with van der Waals surface area (Å²) in [5.41, 5.74) is -0.0309. The summed E-state index contributed by atoms with van der Waals surface area (Å²) in [5, 5.41) is 7.32. The van der Waals surface area contributed by atoms with E-state index < -0.39 is 0 Å². The van der Waals surface area contributed by atoms with Gasteiger partial charge in [-0.25, -0.2) is 9.78 Å². The SMILES string of the molecule is Cn1cnc(CCNCc2cn(C)c(=O)n(C)c2=O)n1. The van der Waals surface area contributed by atoms with Gasteiger partial charge in [0.25, 0.3) is 5.56 Å². The molecule has 0 amide bonds. The smallest absolute Gasteiger partial charge is 0.312 e. The molecule has 2 rings (SSSR count). The molecule has 0 saturated carbocycles. The fraction of sp³-hybridized carbons (Fsp3) is 0.500. The summed E-state index contributed by atoms with van der Waals surface area (Å²) in [6.45, 7) is 1.07. The van der Waals surface area contributed by atoms with Crippen molar-refractivity contribution < 1.29 is 0 Å². The summed E-state index contributed by atoms with van der Waals surface area (Å²) >= 11 is 0. The summed E-state index contributed by atoms with van der Waals surface area (Å²) in [7, 11) is 4.92. The van der Waals surface area contributed by atoms with Gasteiger partial charge in [0.2, 0.25) is 0 Å². The minimum atomic E-state index is -0.323. The number of hydrogen-bond donors (Lipinski definition) is 1. The molecule has 0 spiro atoms. The largest absolute Gasteiger partial charge is 0.330 e. The third-order valence-corrected chi connectivity index (χ3v) is 3.01. The van der Waals surface area contributed by atoms with E-state index in [1.165, 1.54) is 11.6 Å². The first kappa shape index (κ1) is 14.2. The van der Waals surface area contributed by atoms with Crippen LogP contribution in [0.25, 0.3) is 0 Å². The van der Waals surface area contributed by atoms with Gasteiger partial charge in [0.1, 0.15) is 6.33 Å². The highest BCUT2D eigenvalue weighted by molar-refractivity contribution is 5.05. The molecule has 0 aliphatic heterocycles. The summed E-state index contributed by atoms with van der Waals surface area (Å²) in [6, 6.07) is 0. The highest BCUT2D eigenvalue weighted by atomic mass is 16.2. The van der Waals surface area contributed by atoms with Crippen molar-refractivity contribution in [3.8, 4) is 0 Å². The van der Waals surface area contributed by atoms with Crippen LogP contribution in [-0.4, -0.2) is 30.4 Å². The lowest BCUT2D eigenvalue weighted by molar-refractivity contribution is 0.622. The topological polar surface area (TPSA) is 86.7 Å². The zero-order valence-electron chi connectivity index (χ0n) is 11.8. The van der Waals surface area contributed by atoms with E-state index in [-0.39, 0.29) is 11.2 Å². The molecule has 1 N–H and O–H groups in total. The van der Waals surface area contributed by atoms with E-state index in [4.69, 9.17) is 0 Å². The van der Waals surface area contributed by atoms with Crippen LogP contribution in [0.3, 0.4) is 0 Å². The first-order chi connectivity index (χ1) is 9.49. The molecule has 0 unspecified atom stereocenters.